The van der Waals surface area contributed by atoms with Crippen LogP contribution in [0.15, 0.2) is 17.6 Å². The lowest BCUT2D eigenvalue weighted by Gasteiger charge is -2.33. The Morgan fingerprint density at radius 3 is 2.76 bits per heavy atom. The molecule has 0 radical (unpaired) electrons. The second-order valence-electron chi connectivity index (χ2n) is 4.36. The van der Waals surface area contributed by atoms with Gasteiger partial charge in [0.25, 0.3) is 10.0 Å². The average molecular weight is 259 g/mol. The number of likely N-dealkylation sites (N-methyl/N-ethyl adjacent to an activating group) is 1. The van der Waals surface area contributed by atoms with Gasteiger partial charge in [-0.05, 0) is 12.8 Å². The summed E-state index contributed by atoms with van der Waals surface area (Å²) in [5.74, 6) is 0. The first-order chi connectivity index (χ1) is 8.03. The highest BCUT2D eigenvalue weighted by atomic mass is 32.2. The first-order valence-electron chi connectivity index (χ1n) is 5.68. The summed E-state index contributed by atoms with van der Waals surface area (Å²) in [6.45, 7) is 0. The van der Waals surface area contributed by atoms with Crippen molar-refractivity contribution in [2.75, 3.05) is 7.05 Å². The maximum absolute atomic E-state index is 12.2. The topological polar surface area (TPSA) is 86.3 Å². The first-order valence-corrected chi connectivity index (χ1v) is 7.12. The third-order valence-electron chi connectivity index (χ3n) is 3.29. The van der Waals surface area contributed by atoms with Crippen LogP contribution in [0.4, 0.5) is 0 Å². The van der Waals surface area contributed by atoms with Gasteiger partial charge in [-0.1, -0.05) is 12.8 Å². The summed E-state index contributed by atoms with van der Waals surface area (Å²) in [6.07, 6.45) is 5.30. The first kappa shape index (κ1) is 12.5. The molecule has 0 aromatic carbocycles. The molecule has 1 saturated carbocycles. The molecule has 1 aliphatic carbocycles. The second-order valence-corrected chi connectivity index (χ2v) is 6.32. The Balaban J connectivity index is 2.22. The molecule has 1 aromatic heterocycles. The summed E-state index contributed by atoms with van der Waals surface area (Å²) in [5.41, 5.74) is 0. The van der Waals surface area contributed by atoms with Crippen molar-refractivity contribution in [2.45, 2.75) is 42.9 Å². The van der Waals surface area contributed by atoms with Crippen LogP contribution in [0, 0.1) is 0 Å². The fourth-order valence-corrected chi connectivity index (χ4v) is 3.54. The van der Waals surface area contributed by atoms with E-state index in [1.807, 2.05) is 0 Å². The maximum Gasteiger partial charge on any atom is 0.260 e. The monoisotopic (exact) mass is 259 g/mol. The standard InChI is InChI=1S/C10H17N3O3S/c1-13(8-4-2-3-5-9(8)14)17(15,16)10-6-11-7-12-10/h6-9,14H,2-5H2,1H3,(H,11,12). The molecule has 2 rings (SSSR count). The van der Waals surface area contributed by atoms with E-state index in [1.54, 1.807) is 0 Å². The van der Waals surface area contributed by atoms with E-state index in [0.29, 0.717) is 12.8 Å². The van der Waals surface area contributed by atoms with Crippen LogP contribution in [0.2, 0.25) is 0 Å². The minimum Gasteiger partial charge on any atom is -0.391 e. The molecule has 96 valence electrons. The molecule has 1 aliphatic rings. The van der Waals surface area contributed by atoms with Crippen LogP contribution in [0.3, 0.4) is 0 Å². The summed E-state index contributed by atoms with van der Waals surface area (Å²) < 4.78 is 25.6. The normalized spacial score (nSPS) is 26.3. The van der Waals surface area contributed by atoms with Crippen LogP contribution in [0.1, 0.15) is 25.7 Å². The number of aromatic nitrogens is 2. The van der Waals surface area contributed by atoms with Crippen LogP contribution in [0.25, 0.3) is 0 Å². The molecule has 2 unspecified atom stereocenters. The molecule has 0 saturated heterocycles. The fourth-order valence-electron chi connectivity index (χ4n) is 2.23. The van der Waals surface area contributed by atoms with Crippen LogP contribution in [-0.4, -0.2) is 47.0 Å². The zero-order chi connectivity index (χ0) is 12.5. The number of aromatic amines is 1. The van der Waals surface area contributed by atoms with E-state index < -0.39 is 16.1 Å². The Kier molecular flexibility index (Phi) is 3.50. The Bertz CT molecular complexity index is 457. The molecular weight excluding hydrogens is 242 g/mol. The van der Waals surface area contributed by atoms with Gasteiger partial charge in [0.05, 0.1) is 24.7 Å². The Labute approximate surface area is 101 Å². The van der Waals surface area contributed by atoms with Crippen molar-refractivity contribution in [2.24, 2.45) is 0 Å². The van der Waals surface area contributed by atoms with E-state index in [0.717, 1.165) is 12.8 Å². The molecule has 2 atom stereocenters. The highest BCUT2D eigenvalue weighted by Gasteiger charge is 2.34. The molecule has 1 aromatic rings. The number of H-pyrrole nitrogens is 1. The molecule has 0 amide bonds. The minimum atomic E-state index is -3.57. The van der Waals surface area contributed by atoms with E-state index in [2.05, 4.69) is 9.97 Å². The molecule has 17 heavy (non-hydrogen) atoms. The maximum atomic E-state index is 12.2. The van der Waals surface area contributed by atoms with Gasteiger partial charge in [0.1, 0.15) is 0 Å². The van der Waals surface area contributed by atoms with Gasteiger partial charge in [0.15, 0.2) is 5.03 Å². The molecule has 1 heterocycles. The summed E-state index contributed by atoms with van der Waals surface area (Å²) in [7, 11) is -2.06. The Hall–Kier alpha value is -0.920. The zero-order valence-corrected chi connectivity index (χ0v) is 10.5. The number of imidazole rings is 1. The largest absolute Gasteiger partial charge is 0.391 e. The summed E-state index contributed by atoms with van der Waals surface area (Å²) in [4.78, 5) is 6.30. The molecule has 6 nitrogen and oxygen atoms in total. The summed E-state index contributed by atoms with van der Waals surface area (Å²) in [6, 6.07) is -0.336. The molecular formula is C10H17N3O3S. The fraction of sp³-hybridized carbons (Fsp3) is 0.700. The molecule has 1 fully saturated rings. The smallest absolute Gasteiger partial charge is 0.260 e. The van der Waals surface area contributed by atoms with Crippen molar-refractivity contribution >= 4 is 10.0 Å². The van der Waals surface area contributed by atoms with Crippen molar-refractivity contribution in [1.82, 2.24) is 14.3 Å². The molecule has 7 heteroatoms. The average Bonchev–Trinajstić information content (AvgIpc) is 2.83. The zero-order valence-electron chi connectivity index (χ0n) is 9.70. The van der Waals surface area contributed by atoms with Gasteiger partial charge in [-0.2, -0.15) is 4.31 Å². The lowest BCUT2D eigenvalue weighted by Crippen LogP contribution is -2.46. The van der Waals surface area contributed by atoms with Crippen LogP contribution >= 0.6 is 0 Å². The lowest BCUT2D eigenvalue weighted by atomic mass is 9.93. The molecule has 2 N–H and O–H groups in total. The van der Waals surface area contributed by atoms with Crippen molar-refractivity contribution in [3.8, 4) is 0 Å². The molecule has 0 aliphatic heterocycles. The predicted molar refractivity (Wildman–Crippen MR) is 61.8 cm³/mol. The number of nitrogens with zero attached hydrogens (tertiary/aromatic N) is 2. The van der Waals surface area contributed by atoms with Crippen LogP contribution < -0.4 is 0 Å². The Morgan fingerprint density at radius 2 is 2.18 bits per heavy atom. The summed E-state index contributed by atoms with van der Waals surface area (Å²) in [5, 5.41) is 9.94. The van der Waals surface area contributed by atoms with E-state index >= 15 is 0 Å². The van der Waals surface area contributed by atoms with Crippen LogP contribution in [-0.2, 0) is 10.0 Å². The van der Waals surface area contributed by atoms with Crippen molar-refractivity contribution < 1.29 is 13.5 Å². The quantitative estimate of drug-likeness (QED) is 0.819. The van der Waals surface area contributed by atoms with Crippen LogP contribution in [0.5, 0.6) is 0 Å². The number of nitrogens with one attached hydrogen (secondary N) is 1. The number of sulfonamides is 1. The van der Waals surface area contributed by atoms with Gasteiger partial charge >= 0.3 is 0 Å². The molecule has 0 bridgehead atoms. The third kappa shape index (κ3) is 2.36. The second kappa shape index (κ2) is 4.75. The van der Waals surface area contributed by atoms with Crippen molar-refractivity contribution in [3.05, 3.63) is 12.5 Å². The highest BCUT2D eigenvalue weighted by molar-refractivity contribution is 7.89. The van der Waals surface area contributed by atoms with Crippen molar-refractivity contribution in [3.63, 3.8) is 0 Å². The third-order valence-corrected chi connectivity index (χ3v) is 5.10. The number of rotatable bonds is 3. The predicted octanol–water partition coefficient (Wildman–Crippen LogP) is 0.334. The van der Waals surface area contributed by atoms with Gasteiger partial charge in [-0.3, -0.25) is 0 Å². The van der Waals surface area contributed by atoms with E-state index in [-0.39, 0.29) is 11.1 Å². The number of aliphatic hydroxyl groups excluding tert-OH is 1. The Morgan fingerprint density at radius 1 is 1.47 bits per heavy atom. The van der Waals surface area contributed by atoms with E-state index in [1.165, 1.54) is 23.9 Å². The van der Waals surface area contributed by atoms with E-state index in [9.17, 15) is 13.5 Å². The SMILES string of the molecule is CN(C1CCCCC1O)S(=O)(=O)c1cnc[nH]1. The number of hydrogen-bond acceptors (Lipinski definition) is 4. The van der Waals surface area contributed by atoms with Gasteiger partial charge in [0, 0.05) is 7.05 Å². The number of hydrogen-bond donors (Lipinski definition) is 2. The van der Waals surface area contributed by atoms with Gasteiger partial charge in [0.2, 0.25) is 0 Å². The molecule has 0 spiro atoms. The van der Waals surface area contributed by atoms with Crippen molar-refractivity contribution in [1.29, 1.82) is 0 Å². The number of aliphatic hydroxyl groups is 1. The van der Waals surface area contributed by atoms with Gasteiger partial charge in [-0.15, -0.1) is 0 Å². The minimum absolute atomic E-state index is 0.0674. The van der Waals surface area contributed by atoms with E-state index in [4.69, 9.17) is 0 Å². The summed E-state index contributed by atoms with van der Waals surface area (Å²) >= 11 is 0. The highest BCUT2D eigenvalue weighted by Crippen LogP contribution is 2.25. The lowest BCUT2D eigenvalue weighted by molar-refractivity contribution is 0.0637. The van der Waals surface area contributed by atoms with Gasteiger partial charge in [-0.25, -0.2) is 13.4 Å². The van der Waals surface area contributed by atoms with Gasteiger partial charge < -0.3 is 10.1 Å².